The number of hydrogen-bond donors (Lipinski definition) is 1. The number of ether oxygens (including phenoxy) is 1. The van der Waals surface area contributed by atoms with E-state index in [0.717, 1.165) is 23.7 Å². The molecule has 2 rings (SSSR count). The summed E-state index contributed by atoms with van der Waals surface area (Å²) in [5.41, 5.74) is 1.26. The summed E-state index contributed by atoms with van der Waals surface area (Å²) < 4.78 is 7.14. The van der Waals surface area contributed by atoms with Crippen molar-refractivity contribution in [3.8, 4) is 0 Å². The average molecular weight is 312 g/mol. The molecule has 2 nitrogen and oxygen atoms in total. The van der Waals surface area contributed by atoms with Crippen molar-refractivity contribution < 1.29 is 4.74 Å². The van der Waals surface area contributed by atoms with Gasteiger partial charge in [-0.05, 0) is 36.5 Å². The summed E-state index contributed by atoms with van der Waals surface area (Å²) >= 11 is 3.47. The molecular weight excluding hydrogens is 290 g/mol. The molecule has 0 spiro atoms. The number of hydrogen-bond acceptors (Lipinski definition) is 2. The maximum Gasteiger partial charge on any atom is 0.0949 e. The number of nitrogens with one attached hydrogen (secondary N) is 1. The maximum absolute atomic E-state index is 6.03. The predicted octanol–water partition coefficient (Wildman–Crippen LogP) is 3.91. The Bertz CT molecular complexity index is 353. The Morgan fingerprint density at radius 1 is 1.28 bits per heavy atom. The molecule has 1 aliphatic carbocycles. The molecule has 0 amide bonds. The lowest BCUT2D eigenvalue weighted by Gasteiger charge is -2.20. The van der Waals surface area contributed by atoms with E-state index in [0.29, 0.717) is 5.92 Å². The molecule has 1 unspecified atom stereocenters. The first-order valence-electron chi connectivity index (χ1n) is 6.75. The Kier molecular flexibility index (Phi) is 5.22. The van der Waals surface area contributed by atoms with Gasteiger partial charge in [-0.3, -0.25) is 0 Å². The van der Waals surface area contributed by atoms with E-state index in [-0.39, 0.29) is 6.10 Å². The van der Waals surface area contributed by atoms with Crippen LogP contribution in [0.2, 0.25) is 0 Å². The van der Waals surface area contributed by atoms with Crippen molar-refractivity contribution in [3.05, 3.63) is 34.3 Å². The lowest BCUT2D eigenvalue weighted by Crippen LogP contribution is -2.26. The number of rotatable bonds is 7. The first-order chi connectivity index (χ1) is 8.65. The van der Waals surface area contributed by atoms with E-state index in [4.69, 9.17) is 4.74 Å². The van der Waals surface area contributed by atoms with E-state index in [1.165, 1.54) is 18.4 Å². The van der Waals surface area contributed by atoms with Crippen molar-refractivity contribution in [2.75, 3.05) is 13.2 Å². The second-order valence-corrected chi connectivity index (χ2v) is 6.37. The monoisotopic (exact) mass is 311 g/mol. The van der Waals surface area contributed by atoms with Gasteiger partial charge in [0.15, 0.2) is 0 Å². The third-order valence-corrected chi connectivity index (χ3v) is 3.57. The van der Waals surface area contributed by atoms with Gasteiger partial charge >= 0.3 is 0 Å². The van der Waals surface area contributed by atoms with Crippen LogP contribution < -0.4 is 5.32 Å². The Hall–Kier alpha value is -0.380. The maximum atomic E-state index is 6.03. The smallest absolute Gasteiger partial charge is 0.0949 e. The van der Waals surface area contributed by atoms with Crippen LogP contribution >= 0.6 is 15.9 Å². The van der Waals surface area contributed by atoms with Crippen molar-refractivity contribution >= 4 is 15.9 Å². The standard InChI is InChI=1S/C15H22BrNO/c1-11(2)10-18-15(9-17-14-7-8-14)12-3-5-13(16)6-4-12/h3-6,11,14-15,17H,7-10H2,1-2H3. The van der Waals surface area contributed by atoms with Gasteiger partial charge in [-0.2, -0.15) is 0 Å². The van der Waals surface area contributed by atoms with Gasteiger partial charge in [0.05, 0.1) is 6.10 Å². The van der Waals surface area contributed by atoms with Crippen molar-refractivity contribution in [2.45, 2.75) is 38.8 Å². The molecule has 0 bridgehead atoms. The van der Waals surface area contributed by atoms with Gasteiger partial charge < -0.3 is 10.1 Å². The minimum atomic E-state index is 0.168. The average Bonchev–Trinajstić information content (AvgIpc) is 3.14. The number of halogens is 1. The zero-order valence-electron chi connectivity index (χ0n) is 11.2. The van der Waals surface area contributed by atoms with Gasteiger partial charge in [-0.25, -0.2) is 0 Å². The van der Waals surface area contributed by atoms with Crippen molar-refractivity contribution in [1.29, 1.82) is 0 Å². The molecule has 0 aromatic heterocycles. The van der Waals surface area contributed by atoms with E-state index in [1.807, 2.05) is 0 Å². The third kappa shape index (κ3) is 4.71. The fourth-order valence-electron chi connectivity index (χ4n) is 1.82. The van der Waals surface area contributed by atoms with Crippen LogP contribution in [0.5, 0.6) is 0 Å². The summed E-state index contributed by atoms with van der Waals surface area (Å²) in [6.45, 7) is 6.10. The quantitative estimate of drug-likeness (QED) is 0.824. The second-order valence-electron chi connectivity index (χ2n) is 5.45. The van der Waals surface area contributed by atoms with Crippen LogP contribution in [0.1, 0.15) is 38.4 Å². The summed E-state index contributed by atoms with van der Waals surface area (Å²) in [6, 6.07) is 9.18. The highest BCUT2D eigenvalue weighted by atomic mass is 79.9. The van der Waals surface area contributed by atoms with E-state index < -0.39 is 0 Å². The van der Waals surface area contributed by atoms with Crippen LogP contribution in [0.15, 0.2) is 28.7 Å². The Balaban J connectivity index is 1.94. The predicted molar refractivity (Wildman–Crippen MR) is 78.7 cm³/mol. The van der Waals surface area contributed by atoms with Crippen LogP contribution in [0.25, 0.3) is 0 Å². The summed E-state index contributed by atoms with van der Waals surface area (Å²) in [6.07, 6.45) is 2.80. The number of benzene rings is 1. The second kappa shape index (κ2) is 6.69. The van der Waals surface area contributed by atoms with Crippen molar-refractivity contribution in [1.82, 2.24) is 5.32 Å². The zero-order chi connectivity index (χ0) is 13.0. The van der Waals surface area contributed by atoms with Gasteiger partial charge in [-0.15, -0.1) is 0 Å². The molecular formula is C15H22BrNO. The molecule has 1 atom stereocenters. The third-order valence-electron chi connectivity index (χ3n) is 3.04. The van der Waals surface area contributed by atoms with E-state index in [9.17, 15) is 0 Å². The SMILES string of the molecule is CC(C)COC(CNC1CC1)c1ccc(Br)cc1. The van der Waals surface area contributed by atoms with Crippen LogP contribution in [-0.4, -0.2) is 19.2 Å². The first-order valence-corrected chi connectivity index (χ1v) is 7.55. The molecule has 1 aliphatic rings. The lowest BCUT2D eigenvalue weighted by atomic mass is 10.1. The Labute approximate surface area is 118 Å². The minimum Gasteiger partial charge on any atom is -0.372 e. The largest absolute Gasteiger partial charge is 0.372 e. The zero-order valence-corrected chi connectivity index (χ0v) is 12.7. The van der Waals surface area contributed by atoms with Crippen molar-refractivity contribution in [2.24, 2.45) is 5.92 Å². The van der Waals surface area contributed by atoms with Crippen LogP contribution in [0, 0.1) is 5.92 Å². The first kappa shape index (κ1) is 14.0. The van der Waals surface area contributed by atoms with E-state index in [1.54, 1.807) is 0 Å². The van der Waals surface area contributed by atoms with Crippen molar-refractivity contribution in [3.63, 3.8) is 0 Å². The summed E-state index contributed by atoms with van der Waals surface area (Å²) in [5.74, 6) is 0.573. The minimum absolute atomic E-state index is 0.168. The topological polar surface area (TPSA) is 21.3 Å². The molecule has 1 N–H and O–H groups in total. The normalized spacial score (nSPS) is 17.1. The molecule has 1 aromatic carbocycles. The van der Waals surface area contributed by atoms with Gasteiger partial charge in [0.2, 0.25) is 0 Å². The van der Waals surface area contributed by atoms with Gasteiger partial charge in [0.1, 0.15) is 0 Å². The summed E-state index contributed by atoms with van der Waals surface area (Å²) in [5, 5.41) is 3.56. The van der Waals surface area contributed by atoms with E-state index >= 15 is 0 Å². The molecule has 1 aromatic rings. The van der Waals surface area contributed by atoms with Crippen LogP contribution in [-0.2, 0) is 4.74 Å². The van der Waals surface area contributed by atoms with Gasteiger partial charge in [0.25, 0.3) is 0 Å². The molecule has 0 heterocycles. The van der Waals surface area contributed by atoms with Gasteiger partial charge in [-0.1, -0.05) is 41.9 Å². The Morgan fingerprint density at radius 3 is 2.50 bits per heavy atom. The van der Waals surface area contributed by atoms with Gasteiger partial charge in [0, 0.05) is 23.7 Å². The molecule has 100 valence electrons. The molecule has 3 heteroatoms. The molecule has 0 radical (unpaired) electrons. The molecule has 18 heavy (non-hydrogen) atoms. The highest BCUT2D eigenvalue weighted by Gasteiger charge is 2.22. The fraction of sp³-hybridized carbons (Fsp3) is 0.600. The van der Waals surface area contributed by atoms with Crippen LogP contribution in [0.4, 0.5) is 0 Å². The highest BCUT2D eigenvalue weighted by molar-refractivity contribution is 9.10. The molecule has 0 aliphatic heterocycles. The molecule has 1 saturated carbocycles. The fourth-order valence-corrected chi connectivity index (χ4v) is 2.08. The lowest BCUT2D eigenvalue weighted by molar-refractivity contribution is 0.0349. The molecule has 1 fully saturated rings. The summed E-state index contributed by atoms with van der Waals surface area (Å²) in [4.78, 5) is 0. The Morgan fingerprint density at radius 2 is 1.94 bits per heavy atom. The van der Waals surface area contributed by atoms with Crippen LogP contribution in [0.3, 0.4) is 0 Å². The summed E-state index contributed by atoms with van der Waals surface area (Å²) in [7, 11) is 0. The molecule has 0 saturated heterocycles. The highest BCUT2D eigenvalue weighted by Crippen LogP contribution is 2.23. The van der Waals surface area contributed by atoms with E-state index in [2.05, 4.69) is 59.4 Å².